The minimum Gasteiger partial charge on any atom is -0.466 e. The molecule has 4 heteroatoms. The summed E-state index contributed by atoms with van der Waals surface area (Å²) in [6.45, 7) is 3.54. The largest absolute Gasteiger partial charge is 0.466 e. The molecule has 0 saturated carbocycles. The lowest BCUT2D eigenvalue weighted by Crippen LogP contribution is -2.04. The van der Waals surface area contributed by atoms with Crippen molar-refractivity contribution in [1.29, 1.82) is 0 Å². The number of benzene rings is 1. The molecule has 0 aliphatic carbocycles. The van der Waals surface area contributed by atoms with E-state index in [2.05, 4.69) is 9.47 Å². The zero-order valence-corrected chi connectivity index (χ0v) is 10.9. The van der Waals surface area contributed by atoms with E-state index in [1.807, 2.05) is 6.92 Å². The van der Waals surface area contributed by atoms with Gasteiger partial charge in [0.1, 0.15) is 0 Å². The van der Waals surface area contributed by atoms with Crippen LogP contribution in [-0.2, 0) is 14.3 Å². The van der Waals surface area contributed by atoms with Gasteiger partial charge in [-0.05, 0) is 37.1 Å². The van der Waals surface area contributed by atoms with Crippen LogP contribution in [-0.4, -0.2) is 26.2 Å². The molecule has 0 saturated heterocycles. The first-order chi connectivity index (χ1) is 8.51. The SMILES string of the molecule is COC(=O)/C(C)=C(\C)c1ccc(C(=O)OC)cc1. The summed E-state index contributed by atoms with van der Waals surface area (Å²) in [7, 11) is 2.68. The molecule has 0 fully saturated rings. The molecule has 0 aromatic heterocycles. The van der Waals surface area contributed by atoms with Crippen LogP contribution in [0, 0.1) is 0 Å². The predicted molar refractivity (Wildman–Crippen MR) is 68.1 cm³/mol. The average molecular weight is 248 g/mol. The lowest BCUT2D eigenvalue weighted by molar-refractivity contribution is -0.135. The van der Waals surface area contributed by atoms with Crippen LogP contribution in [0.4, 0.5) is 0 Å². The molecule has 18 heavy (non-hydrogen) atoms. The molecule has 96 valence electrons. The molecule has 0 heterocycles. The third-order valence-corrected chi connectivity index (χ3v) is 2.79. The van der Waals surface area contributed by atoms with Crippen LogP contribution in [0.15, 0.2) is 29.8 Å². The molecule has 0 bridgehead atoms. The molecule has 1 aromatic carbocycles. The van der Waals surface area contributed by atoms with Gasteiger partial charge in [0, 0.05) is 5.57 Å². The first-order valence-corrected chi connectivity index (χ1v) is 5.45. The van der Waals surface area contributed by atoms with Gasteiger partial charge in [-0.1, -0.05) is 12.1 Å². The lowest BCUT2D eigenvalue weighted by Gasteiger charge is -2.07. The Kier molecular flexibility index (Phi) is 4.66. The molecule has 1 aromatic rings. The molecule has 0 aliphatic heterocycles. The first kappa shape index (κ1) is 14.0. The number of ether oxygens (including phenoxy) is 2. The van der Waals surface area contributed by atoms with Crippen LogP contribution in [0.3, 0.4) is 0 Å². The molecular formula is C14H16O4. The summed E-state index contributed by atoms with van der Waals surface area (Å²) in [6.07, 6.45) is 0. The maximum absolute atomic E-state index is 11.4. The fourth-order valence-corrected chi connectivity index (χ4v) is 1.50. The normalized spacial score (nSPS) is 11.6. The highest BCUT2D eigenvalue weighted by atomic mass is 16.5. The maximum atomic E-state index is 11.4. The van der Waals surface area contributed by atoms with Crippen molar-refractivity contribution in [2.24, 2.45) is 0 Å². The third kappa shape index (κ3) is 2.97. The molecule has 0 N–H and O–H groups in total. The van der Waals surface area contributed by atoms with E-state index >= 15 is 0 Å². The second-order valence-corrected chi connectivity index (χ2v) is 3.81. The summed E-state index contributed by atoms with van der Waals surface area (Å²) in [5.41, 5.74) is 2.71. The predicted octanol–water partition coefficient (Wildman–Crippen LogP) is 2.44. The number of methoxy groups -OCH3 is 2. The smallest absolute Gasteiger partial charge is 0.337 e. The quantitative estimate of drug-likeness (QED) is 0.609. The van der Waals surface area contributed by atoms with E-state index in [-0.39, 0.29) is 11.9 Å². The van der Waals surface area contributed by atoms with E-state index in [1.54, 1.807) is 31.2 Å². The molecule has 0 radical (unpaired) electrons. The van der Waals surface area contributed by atoms with Crippen molar-refractivity contribution in [3.8, 4) is 0 Å². The third-order valence-electron chi connectivity index (χ3n) is 2.79. The van der Waals surface area contributed by atoms with Gasteiger partial charge in [0.25, 0.3) is 0 Å². The molecule has 0 spiro atoms. The minimum atomic E-state index is -0.382. The average Bonchev–Trinajstić information content (AvgIpc) is 2.44. The van der Waals surface area contributed by atoms with Gasteiger partial charge >= 0.3 is 11.9 Å². The van der Waals surface area contributed by atoms with Crippen LogP contribution >= 0.6 is 0 Å². The number of carbonyl (C=O) groups is 2. The molecule has 0 atom stereocenters. The van der Waals surface area contributed by atoms with Gasteiger partial charge < -0.3 is 9.47 Å². The van der Waals surface area contributed by atoms with Crippen molar-refractivity contribution in [2.45, 2.75) is 13.8 Å². The molecule has 0 amide bonds. The Hall–Kier alpha value is -2.10. The Bertz CT molecular complexity index is 483. The molecule has 4 nitrogen and oxygen atoms in total. The van der Waals surface area contributed by atoms with Crippen molar-refractivity contribution in [1.82, 2.24) is 0 Å². The van der Waals surface area contributed by atoms with E-state index in [0.717, 1.165) is 11.1 Å². The van der Waals surface area contributed by atoms with Gasteiger partial charge in [-0.25, -0.2) is 9.59 Å². The van der Waals surface area contributed by atoms with E-state index in [4.69, 9.17) is 0 Å². The van der Waals surface area contributed by atoms with E-state index < -0.39 is 0 Å². The number of esters is 2. The number of allylic oxidation sites excluding steroid dienone is 1. The fourth-order valence-electron chi connectivity index (χ4n) is 1.50. The highest BCUT2D eigenvalue weighted by Crippen LogP contribution is 2.19. The first-order valence-electron chi connectivity index (χ1n) is 5.45. The van der Waals surface area contributed by atoms with E-state index in [1.165, 1.54) is 14.2 Å². The zero-order valence-electron chi connectivity index (χ0n) is 10.9. The summed E-state index contributed by atoms with van der Waals surface area (Å²) >= 11 is 0. The lowest BCUT2D eigenvalue weighted by atomic mass is 10.0. The number of carbonyl (C=O) groups excluding carboxylic acids is 2. The second-order valence-electron chi connectivity index (χ2n) is 3.81. The minimum absolute atomic E-state index is 0.357. The summed E-state index contributed by atoms with van der Waals surface area (Å²) in [5, 5.41) is 0. The van der Waals surface area contributed by atoms with Crippen molar-refractivity contribution in [3.63, 3.8) is 0 Å². The number of hydrogen-bond donors (Lipinski definition) is 0. The Labute approximate surface area is 106 Å². The van der Waals surface area contributed by atoms with Gasteiger partial charge in [-0.2, -0.15) is 0 Å². The monoisotopic (exact) mass is 248 g/mol. The Morgan fingerprint density at radius 1 is 0.889 bits per heavy atom. The summed E-state index contributed by atoms with van der Waals surface area (Å²) in [6, 6.07) is 6.87. The maximum Gasteiger partial charge on any atom is 0.337 e. The number of hydrogen-bond acceptors (Lipinski definition) is 4. The standard InChI is InChI=1S/C14H16O4/c1-9(10(2)13(15)17-3)11-5-7-12(8-6-11)14(16)18-4/h5-8H,1-4H3/b10-9+. The van der Waals surface area contributed by atoms with Crippen molar-refractivity contribution in [2.75, 3.05) is 14.2 Å². The van der Waals surface area contributed by atoms with Crippen molar-refractivity contribution >= 4 is 17.5 Å². The second kappa shape index (κ2) is 6.00. The van der Waals surface area contributed by atoms with Crippen LogP contribution in [0.5, 0.6) is 0 Å². The fraction of sp³-hybridized carbons (Fsp3) is 0.286. The van der Waals surface area contributed by atoms with E-state index in [0.29, 0.717) is 11.1 Å². The van der Waals surface area contributed by atoms with Crippen LogP contribution < -0.4 is 0 Å². The Balaban J connectivity index is 3.05. The topological polar surface area (TPSA) is 52.6 Å². The van der Waals surface area contributed by atoms with Gasteiger partial charge in [0.2, 0.25) is 0 Å². The summed E-state index contributed by atoms with van der Waals surface area (Å²) in [5.74, 6) is -0.739. The van der Waals surface area contributed by atoms with Gasteiger partial charge in [0.15, 0.2) is 0 Å². The van der Waals surface area contributed by atoms with Crippen molar-refractivity contribution < 1.29 is 19.1 Å². The highest BCUT2D eigenvalue weighted by molar-refractivity contribution is 5.97. The van der Waals surface area contributed by atoms with Crippen molar-refractivity contribution in [3.05, 3.63) is 41.0 Å². The molecule has 0 unspecified atom stereocenters. The van der Waals surface area contributed by atoms with Crippen LogP contribution in [0.25, 0.3) is 5.57 Å². The van der Waals surface area contributed by atoms with Crippen LogP contribution in [0.1, 0.15) is 29.8 Å². The van der Waals surface area contributed by atoms with E-state index in [9.17, 15) is 9.59 Å². The number of rotatable bonds is 3. The van der Waals surface area contributed by atoms with Gasteiger partial charge in [0.05, 0.1) is 19.8 Å². The van der Waals surface area contributed by atoms with Gasteiger partial charge in [-0.3, -0.25) is 0 Å². The van der Waals surface area contributed by atoms with Gasteiger partial charge in [-0.15, -0.1) is 0 Å². The molecule has 1 rings (SSSR count). The highest BCUT2D eigenvalue weighted by Gasteiger charge is 2.10. The summed E-state index contributed by atoms with van der Waals surface area (Å²) in [4.78, 5) is 22.7. The molecule has 0 aliphatic rings. The zero-order chi connectivity index (χ0) is 13.7. The Morgan fingerprint density at radius 2 is 1.39 bits per heavy atom. The Morgan fingerprint density at radius 3 is 1.83 bits per heavy atom. The summed E-state index contributed by atoms with van der Waals surface area (Å²) < 4.78 is 9.28. The van der Waals surface area contributed by atoms with Crippen LogP contribution in [0.2, 0.25) is 0 Å². The molecular weight excluding hydrogens is 232 g/mol.